The Hall–Kier alpha value is -2.74. The topological polar surface area (TPSA) is 62.4 Å². The minimum atomic E-state index is -4.71. The predicted octanol–water partition coefficient (Wildman–Crippen LogP) is 3.84. The van der Waals surface area contributed by atoms with Crippen LogP contribution in [0.25, 0.3) is 0 Å². The number of halogens is 3. The van der Waals surface area contributed by atoms with Gasteiger partial charge in [-0.2, -0.15) is 0 Å². The molecule has 26 heavy (non-hydrogen) atoms. The second-order valence-electron chi connectivity index (χ2n) is 5.88. The van der Waals surface area contributed by atoms with E-state index >= 15 is 0 Å². The van der Waals surface area contributed by atoms with Crippen molar-refractivity contribution in [3.63, 3.8) is 0 Å². The van der Waals surface area contributed by atoms with Crippen molar-refractivity contribution in [2.45, 2.75) is 32.8 Å². The number of hydrazine groups is 1. The average Bonchev–Trinajstić information content (AvgIpc) is 2.55. The minimum absolute atomic E-state index is 0.0512. The standard InChI is InChI=1S/C18H20F3N3O2/c1-12(2)23-17(25)14-5-3-4-13(10-14)11-22-24-15-6-8-16(9-7-15)26-18(19,20)21/h3-10,12,22,24H,11H2,1-2H3,(H,23,25). The highest BCUT2D eigenvalue weighted by Gasteiger charge is 2.30. The van der Waals surface area contributed by atoms with E-state index in [-0.39, 0.29) is 17.7 Å². The van der Waals surface area contributed by atoms with E-state index in [2.05, 4.69) is 20.9 Å². The van der Waals surface area contributed by atoms with E-state index in [1.54, 1.807) is 18.2 Å². The highest BCUT2D eigenvalue weighted by molar-refractivity contribution is 5.94. The second-order valence-corrected chi connectivity index (χ2v) is 5.88. The summed E-state index contributed by atoms with van der Waals surface area (Å²) >= 11 is 0. The number of hydrogen-bond donors (Lipinski definition) is 3. The molecule has 2 rings (SSSR count). The van der Waals surface area contributed by atoms with Gasteiger partial charge >= 0.3 is 6.36 Å². The molecule has 0 aliphatic heterocycles. The first-order valence-electron chi connectivity index (χ1n) is 7.97. The molecular weight excluding hydrogens is 347 g/mol. The fraction of sp³-hybridized carbons (Fsp3) is 0.278. The quantitative estimate of drug-likeness (QED) is 0.651. The Labute approximate surface area is 149 Å². The van der Waals surface area contributed by atoms with Crippen LogP contribution in [0.3, 0.4) is 0 Å². The maximum atomic E-state index is 12.1. The summed E-state index contributed by atoms with van der Waals surface area (Å²) in [7, 11) is 0. The molecule has 8 heteroatoms. The minimum Gasteiger partial charge on any atom is -0.406 e. The first-order chi connectivity index (χ1) is 12.2. The summed E-state index contributed by atoms with van der Waals surface area (Å²) in [6.07, 6.45) is -4.71. The zero-order valence-corrected chi connectivity index (χ0v) is 14.4. The Balaban J connectivity index is 1.87. The Morgan fingerprint density at radius 3 is 2.42 bits per heavy atom. The molecule has 0 aliphatic carbocycles. The fourth-order valence-electron chi connectivity index (χ4n) is 2.16. The second kappa shape index (κ2) is 8.57. The summed E-state index contributed by atoms with van der Waals surface area (Å²) in [6, 6.07) is 12.6. The first kappa shape index (κ1) is 19.6. The summed E-state index contributed by atoms with van der Waals surface area (Å²) in [6.45, 7) is 4.19. The zero-order valence-electron chi connectivity index (χ0n) is 14.4. The van der Waals surface area contributed by atoms with Gasteiger partial charge in [-0.15, -0.1) is 13.2 Å². The van der Waals surface area contributed by atoms with Gasteiger partial charge in [0.15, 0.2) is 0 Å². The molecule has 0 aromatic heterocycles. The van der Waals surface area contributed by atoms with Crippen LogP contribution in [-0.4, -0.2) is 18.3 Å². The number of carbonyl (C=O) groups excluding carboxylic acids is 1. The van der Waals surface area contributed by atoms with Crippen LogP contribution in [0.1, 0.15) is 29.8 Å². The van der Waals surface area contributed by atoms with Crippen molar-refractivity contribution in [3.8, 4) is 5.75 Å². The van der Waals surface area contributed by atoms with E-state index in [0.717, 1.165) is 5.56 Å². The van der Waals surface area contributed by atoms with Gasteiger partial charge in [-0.05, 0) is 55.8 Å². The van der Waals surface area contributed by atoms with Gasteiger partial charge in [0.25, 0.3) is 5.91 Å². The molecule has 0 fully saturated rings. The number of ether oxygens (including phenoxy) is 1. The highest BCUT2D eigenvalue weighted by atomic mass is 19.4. The van der Waals surface area contributed by atoms with Crippen LogP contribution in [-0.2, 0) is 6.54 Å². The Kier molecular flexibility index (Phi) is 6.46. The third-order valence-electron chi connectivity index (χ3n) is 3.22. The van der Waals surface area contributed by atoms with Gasteiger partial charge < -0.3 is 15.5 Å². The molecule has 3 N–H and O–H groups in total. The largest absolute Gasteiger partial charge is 0.573 e. The summed E-state index contributed by atoms with van der Waals surface area (Å²) in [5.41, 5.74) is 7.84. The number of hydrogen-bond acceptors (Lipinski definition) is 4. The van der Waals surface area contributed by atoms with Crippen LogP contribution in [0.15, 0.2) is 48.5 Å². The molecule has 0 saturated heterocycles. The van der Waals surface area contributed by atoms with Gasteiger partial charge in [-0.25, -0.2) is 5.43 Å². The number of anilines is 1. The first-order valence-corrected chi connectivity index (χ1v) is 7.97. The average molecular weight is 367 g/mol. The number of rotatable bonds is 7. The lowest BCUT2D eigenvalue weighted by Crippen LogP contribution is -2.30. The third kappa shape index (κ3) is 6.64. The monoisotopic (exact) mass is 367 g/mol. The number of nitrogens with one attached hydrogen (secondary N) is 3. The van der Waals surface area contributed by atoms with Crippen LogP contribution in [0.5, 0.6) is 5.75 Å². The van der Waals surface area contributed by atoms with E-state index < -0.39 is 6.36 Å². The van der Waals surface area contributed by atoms with Crippen LogP contribution in [0.4, 0.5) is 18.9 Å². The summed E-state index contributed by atoms with van der Waals surface area (Å²) in [5, 5.41) is 2.82. The van der Waals surface area contributed by atoms with E-state index in [4.69, 9.17) is 0 Å². The fourth-order valence-corrected chi connectivity index (χ4v) is 2.16. The molecule has 140 valence electrons. The van der Waals surface area contributed by atoms with Crippen molar-refractivity contribution >= 4 is 11.6 Å². The molecule has 1 amide bonds. The number of alkyl halides is 3. The van der Waals surface area contributed by atoms with Crippen LogP contribution in [0, 0.1) is 0 Å². The molecule has 0 spiro atoms. The van der Waals surface area contributed by atoms with Gasteiger partial charge in [-0.1, -0.05) is 12.1 Å². The lowest BCUT2D eigenvalue weighted by atomic mass is 10.1. The molecule has 2 aromatic rings. The summed E-state index contributed by atoms with van der Waals surface area (Å²) in [5.74, 6) is -0.429. The van der Waals surface area contributed by atoms with Crippen LogP contribution >= 0.6 is 0 Å². The van der Waals surface area contributed by atoms with Gasteiger partial charge in [0.2, 0.25) is 0 Å². The highest BCUT2D eigenvalue weighted by Crippen LogP contribution is 2.23. The lowest BCUT2D eigenvalue weighted by Gasteiger charge is -2.12. The SMILES string of the molecule is CC(C)NC(=O)c1cccc(CNNc2ccc(OC(F)(F)F)cc2)c1. The molecule has 2 aromatic carbocycles. The van der Waals surface area contributed by atoms with E-state index in [0.29, 0.717) is 17.8 Å². The molecule has 0 saturated carbocycles. The molecule has 5 nitrogen and oxygen atoms in total. The smallest absolute Gasteiger partial charge is 0.406 e. The van der Waals surface area contributed by atoms with E-state index in [1.807, 2.05) is 19.9 Å². The Bertz CT molecular complexity index is 731. The summed E-state index contributed by atoms with van der Waals surface area (Å²) < 4.78 is 40.1. The molecule has 0 aliphatic rings. The van der Waals surface area contributed by atoms with Crippen molar-refractivity contribution < 1.29 is 22.7 Å². The van der Waals surface area contributed by atoms with Gasteiger partial charge in [-0.3, -0.25) is 4.79 Å². The van der Waals surface area contributed by atoms with Gasteiger partial charge in [0, 0.05) is 23.8 Å². The molecule has 0 atom stereocenters. The molecule has 0 unspecified atom stereocenters. The predicted molar refractivity (Wildman–Crippen MR) is 92.6 cm³/mol. The molecule has 0 heterocycles. The molecular formula is C18H20F3N3O2. The Morgan fingerprint density at radius 1 is 1.12 bits per heavy atom. The number of amides is 1. The number of benzene rings is 2. The third-order valence-corrected chi connectivity index (χ3v) is 3.22. The molecule has 0 radical (unpaired) electrons. The Morgan fingerprint density at radius 2 is 1.81 bits per heavy atom. The van der Waals surface area contributed by atoms with Crippen molar-refractivity contribution in [2.24, 2.45) is 0 Å². The van der Waals surface area contributed by atoms with E-state index in [1.165, 1.54) is 24.3 Å². The van der Waals surface area contributed by atoms with Crippen molar-refractivity contribution in [2.75, 3.05) is 5.43 Å². The lowest BCUT2D eigenvalue weighted by molar-refractivity contribution is -0.274. The van der Waals surface area contributed by atoms with Crippen molar-refractivity contribution in [3.05, 3.63) is 59.7 Å². The van der Waals surface area contributed by atoms with E-state index in [9.17, 15) is 18.0 Å². The van der Waals surface area contributed by atoms with Crippen LogP contribution < -0.4 is 20.9 Å². The maximum absolute atomic E-state index is 12.1. The normalized spacial score (nSPS) is 11.3. The maximum Gasteiger partial charge on any atom is 0.573 e. The zero-order chi connectivity index (χ0) is 19.2. The molecule has 0 bridgehead atoms. The summed E-state index contributed by atoms with van der Waals surface area (Å²) in [4.78, 5) is 12.0. The van der Waals surface area contributed by atoms with Gasteiger partial charge in [0.1, 0.15) is 5.75 Å². The van der Waals surface area contributed by atoms with Crippen molar-refractivity contribution in [1.82, 2.24) is 10.7 Å². The number of carbonyl (C=O) groups is 1. The van der Waals surface area contributed by atoms with Gasteiger partial charge in [0.05, 0.1) is 0 Å². The van der Waals surface area contributed by atoms with Crippen molar-refractivity contribution in [1.29, 1.82) is 0 Å². The van der Waals surface area contributed by atoms with Crippen LogP contribution in [0.2, 0.25) is 0 Å².